The predicted molar refractivity (Wildman–Crippen MR) is 122 cm³/mol. The summed E-state index contributed by atoms with van der Waals surface area (Å²) in [6, 6.07) is 21.9. The molecule has 3 aromatic carbocycles. The number of nitrogens with zero attached hydrogens (tertiary/aromatic N) is 2. The summed E-state index contributed by atoms with van der Waals surface area (Å²) in [7, 11) is 0. The topological polar surface area (TPSA) is 97.6 Å². The van der Waals surface area contributed by atoms with Crippen molar-refractivity contribution in [3.05, 3.63) is 112 Å². The zero-order valence-corrected chi connectivity index (χ0v) is 17.8. The van der Waals surface area contributed by atoms with Crippen molar-refractivity contribution >= 4 is 23.2 Å². The van der Waals surface area contributed by atoms with Crippen LogP contribution in [-0.4, -0.2) is 33.8 Å². The first kappa shape index (κ1) is 22.1. The van der Waals surface area contributed by atoms with Gasteiger partial charge < -0.3 is 4.90 Å². The SMILES string of the molecule is O=C(c1ccccc1)C(C(=O)c1ccccc1)C(c1ccc([N+](=O)[O-])cc1)N1CCCC1=O. The molecular weight excluding hydrogens is 420 g/mol. The van der Waals surface area contributed by atoms with Crippen LogP contribution in [0.25, 0.3) is 0 Å². The van der Waals surface area contributed by atoms with E-state index in [0.29, 0.717) is 36.1 Å². The third-order valence-corrected chi connectivity index (χ3v) is 5.89. The highest BCUT2D eigenvalue weighted by Gasteiger charge is 2.43. The van der Waals surface area contributed by atoms with Gasteiger partial charge in [0.1, 0.15) is 5.92 Å². The van der Waals surface area contributed by atoms with E-state index in [9.17, 15) is 24.5 Å². The quantitative estimate of drug-likeness (QED) is 0.219. The average molecular weight is 442 g/mol. The highest BCUT2D eigenvalue weighted by atomic mass is 16.6. The number of nitro benzene ring substituents is 1. The van der Waals surface area contributed by atoms with Crippen LogP contribution in [0.1, 0.15) is 45.2 Å². The molecule has 0 spiro atoms. The van der Waals surface area contributed by atoms with Crippen LogP contribution in [0.3, 0.4) is 0 Å². The summed E-state index contributed by atoms with van der Waals surface area (Å²) in [5.41, 5.74) is 1.13. The van der Waals surface area contributed by atoms with Gasteiger partial charge in [0.05, 0.1) is 11.0 Å². The van der Waals surface area contributed by atoms with Gasteiger partial charge in [-0.3, -0.25) is 24.5 Å². The monoisotopic (exact) mass is 442 g/mol. The highest BCUT2D eigenvalue weighted by molar-refractivity contribution is 6.17. The van der Waals surface area contributed by atoms with E-state index < -0.39 is 28.4 Å². The number of nitro groups is 1. The molecule has 3 aromatic rings. The molecule has 1 heterocycles. The summed E-state index contributed by atoms with van der Waals surface area (Å²) in [5, 5.41) is 11.1. The van der Waals surface area contributed by atoms with E-state index in [2.05, 4.69) is 0 Å². The fraction of sp³-hybridized carbons (Fsp3) is 0.192. The molecule has 166 valence electrons. The molecule has 1 saturated heterocycles. The molecule has 0 aromatic heterocycles. The normalized spacial score (nSPS) is 14.3. The van der Waals surface area contributed by atoms with Crippen molar-refractivity contribution < 1.29 is 19.3 Å². The molecule has 33 heavy (non-hydrogen) atoms. The van der Waals surface area contributed by atoms with E-state index in [0.717, 1.165) is 0 Å². The fourth-order valence-corrected chi connectivity index (χ4v) is 4.28. The van der Waals surface area contributed by atoms with Crippen molar-refractivity contribution in [3.63, 3.8) is 0 Å². The minimum Gasteiger partial charge on any atom is -0.334 e. The molecule has 0 N–H and O–H groups in total. The lowest BCUT2D eigenvalue weighted by molar-refractivity contribution is -0.384. The highest BCUT2D eigenvalue weighted by Crippen LogP contribution is 2.37. The van der Waals surface area contributed by atoms with Gasteiger partial charge in [0.15, 0.2) is 11.6 Å². The maximum absolute atomic E-state index is 13.7. The molecule has 1 fully saturated rings. The third-order valence-electron chi connectivity index (χ3n) is 5.89. The van der Waals surface area contributed by atoms with Crippen LogP contribution in [0.4, 0.5) is 5.69 Å². The third kappa shape index (κ3) is 4.57. The van der Waals surface area contributed by atoms with E-state index in [-0.39, 0.29) is 11.6 Å². The van der Waals surface area contributed by atoms with Gasteiger partial charge in [-0.25, -0.2) is 0 Å². The molecule has 1 unspecified atom stereocenters. The van der Waals surface area contributed by atoms with Gasteiger partial charge in [-0.15, -0.1) is 0 Å². The number of ketones is 2. The van der Waals surface area contributed by atoms with Gasteiger partial charge in [0.25, 0.3) is 5.69 Å². The Morgan fingerprint density at radius 3 is 1.76 bits per heavy atom. The number of hydrogen-bond donors (Lipinski definition) is 0. The summed E-state index contributed by atoms with van der Waals surface area (Å²) >= 11 is 0. The predicted octanol–water partition coefficient (Wildman–Crippen LogP) is 4.64. The van der Waals surface area contributed by atoms with E-state index in [1.165, 1.54) is 24.3 Å². The number of carbonyl (C=O) groups excluding carboxylic acids is 3. The standard InChI is InChI=1S/C26H22N2O5/c29-22-12-7-17-27(22)24(18-13-15-21(16-14-18)28(32)33)23(25(30)19-8-3-1-4-9-19)26(31)20-10-5-2-6-11-20/h1-6,8-11,13-16,23-24H,7,12,17H2. The van der Waals surface area contributed by atoms with Crippen LogP contribution in [0.2, 0.25) is 0 Å². The number of non-ortho nitro benzene ring substituents is 1. The largest absolute Gasteiger partial charge is 0.334 e. The Labute approximate surface area is 190 Å². The van der Waals surface area contributed by atoms with Crippen molar-refractivity contribution in [2.24, 2.45) is 5.92 Å². The number of benzene rings is 3. The maximum Gasteiger partial charge on any atom is 0.269 e. The Balaban J connectivity index is 1.86. The molecule has 0 bridgehead atoms. The van der Waals surface area contributed by atoms with Crippen molar-refractivity contribution in [1.82, 2.24) is 4.90 Å². The second-order valence-corrected chi connectivity index (χ2v) is 7.92. The first-order valence-corrected chi connectivity index (χ1v) is 10.7. The Kier molecular flexibility index (Phi) is 6.40. The number of likely N-dealkylation sites (tertiary alicyclic amines) is 1. The second-order valence-electron chi connectivity index (χ2n) is 7.92. The molecule has 0 aliphatic carbocycles. The first-order chi connectivity index (χ1) is 16.0. The van der Waals surface area contributed by atoms with Gasteiger partial charge in [0.2, 0.25) is 5.91 Å². The molecule has 1 amide bonds. The van der Waals surface area contributed by atoms with Crippen LogP contribution in [-0.2, 0) is 4.79 Å². The van der Waals surface area contributed by atoms with Crippen LogP contribution >= 0.6 is 0 Å². The molecular formula is C26H22N2O5. The van der Waals surface area contributed by atoms with E-state index in [4.69, 9.17) is 0 Å². The lowest BCUT2D eigenvalue weighted by Gasteiger charge is -2.33. The molecule has 4 rings (SSSR count). The van der Waals surface area contributed by atoms with Gasteiger partial charge in [-0.05, 0) is 12.0 Å². The van der Waals surface area contributed by atoms with Crippen LogP contribution in [0.5, 0.6) is 0 Å². The number of hydrogen-bond acceptors (Lipinski definition) is 5. The minimum atomic E-state index is -1.20. The summed E-state index contributed by atoms with van der Waals surface area (Å²) < 4.78 is 0. The first-order valence-electron chi connectivity index (χ1n) is 10.7. The van der Waals surface area contributed by atoms with Gasteiger partial charge in [-0.1, -0.05) is 72.8 Å². The molecule has 1 aliphatic heterocycles. The smallest absolute Gasteiger partial charge is 0.269 e. The Morgan fingerprint density at radius 1 is 0.818 bits per heavy atom. The summed E-state index contributed by atoms with van der Waals surface area (Å²) in [5.74, 6) is -2.14. The van der Waals surface area contributed by atoms with E-state index in [1.54, 1.807) is 65.6 Å². The van der Waals surface area contributed by atoms with Crippen LogP contribution < -0.4 is 0 Å². The number of rotatable bonds is 8. The number of carbonyl (C=O) groups is 3. The Bertz CT molecular complexity index is 1120. The van der Waals surface area contributed by atoms with Crippen LogP contribution in [0.15, 0.2) is 84.9 Å². The lowest BCUT2D eigenvalue weighted by atomic mass is 9.80. The number of Topliss-reactive ketones (excluding diaryl/α,β-unsaturated/α-hetero) is 2. The fourth-order valence-electron chi connectivity index (χ4n) is 4.28. The molecule has 0 radical (unpaired) electrons. The molecule has 1 aliphatic rings. The van der Waals surface area contributed by atoms with Crippen molar-refractivity contribution in [2.45, 2.75) is 18.9 Å². The minimum absolute atomic E-state index is 0.106. The molecule has 0 saturated carbocycles. The zero-order valence-electron chi connectivity index (χ0n) is 17.8. The molecule has 7 nitrogen and oxygen atoms in total. The van der Waals surface area contributed by atoms with Crippen molar-refractivity contribution in [1.29, 1.82) is 0 Å². The zero-order chi connectivity index (χ0) is 23.4. The van der Waals surface area contributed by atoms with Crippen molar-refractivity contribution in [3.8, 4) is 0 Å². The average Bonchev–Trinajstić information content (AvgIpc) is 3.28. The van der Waals surface area contributed by atoms with Gasteiger partial charge in [-0.2, -0.15) is 0 Å². The number of amides is 1. The van der Waals surface area contributed by atoms with Crippen molar-refractivity contribution in [2.75, 3.05) is 6.54 Å². The summed E-state index contributed by atoms with van der Waals surface area (Å²) in [4.78, 5) is 52.5. The Morgan fingerprint density at radius 2 is 1.33 bits per heavy atom. The van der Waals surface area contributed by atoms with Crippen LogP contribution in [0, 0.1) is 16.0 Å². The lowest BCUT2D eigenvalue weighted by Crippen LogP contribution is -2.41. The summed E-state index contributed by atoms with van der Waals surface area (Å²) in [6.45, 7) is 0.404. The second kappa shape index (κ2) is 9.56. The van der Waals surface area contributed by atoms with Gasteiger partial charge >= 0.3 is 0 Å². The van der Waals surface area contributed by atoms with Gasteiger partial charge in [0, 0.05) is 36.2 Å². The Hall–Kier alpha value is -4.13. The summed E-state index contributed by atoms with van der Waals surface area (Å²) in [6.07, 6.45) is 0.948. The molecule has 1 atom stereocenters. The maximum atomic E-state index is 13.7. The molecule has 7 heteroatoms. The van der Waals surface area contributed by atoms with E-state index in [1.807, 2.05) is 0 Å². The van der Waals surface area contributed by atoms with E-state index >= 15 is 0 Å².